The van der Waals surface area contributed by atoms with E-state index in [1.54, 1.807) is 24.3 Å². The number of hydrogen-bond acceptors (Lipinski definition) is 6. The third kappa shape index (κ3) is 7.13. The number of hydrogen-bond donors (Lipinski definition) is 0. The number of esters is 1. The highest BCUT2D eigenvalue weighted by molar-refractivity contribution is 5.95. The Morgan fingerprint density at radius 2 is 1.80 bits per heavy atom. The summed E-state index contributed by atoms with van der Waals surface area (Å²) in [5.74, 6) is 0.472. The topological polar surface area (TPSA) is 88.9 Å². The molecule has 0 saturated heterocycles. The molecule has 0 bridgehead atoms. The van der Waals surface area contributed by atoms with Crippen LogP contribution in [-0.4, -0.2) is 38.2 Å². The molecule has 30 heavy (non-hydrogen) atoms. The molecule has 7 heteroatoms. The van der Waals surface area contributed by atoms with E-state index in [0.29, 0.717) is 23.8 Å². The summed E-state index contributed by atoms with van der Waals surface area (Å²) in [5, 5.41) is 8.88. The number of aryl methyl sites for hydroxylation is 1. The van der Waals surface area contributed by atoms with Crippen LogP contribution in [0.1, 0.15) is 25.3 Å². The van der Waals surface area contributed by atoms with Crippen molar-refractivity contribution in [1.29, 1.82) is 5.26 Å². The van der Waals surface area contributed by atoms with Gasteiger partial charge in [-0.15, -0.1) is 0 Å². The summed E-state index contributed by atoms with van der Waals surface area (Å²) in [7, 11) is 0. The van der Waals surface area contributed by atoms with E-state index in [-0.39, 0.29) is 26.0 Å². The predicted molar refractivity (Wildman–Crippen MR) is 112 cm³/mol. The number of rotatable bonds is 11. The minimum Gasteiger partial charge on any atom is -0.494 e. The van der Waals surface area contributed by atoms with Gasteiger partial charge in [-0.05, 0) is 49.7 Å². The van der Waals surface area contributed by atoms with Gasteiger partial charge in [0.1, 0.15) is 11.5 Å². The zero-order valence-corrected chi connectivity index (χ0v) is 17.3. The summed E-state index contributed by atoms with van der Waals surface area (Å²) in [6.07, 6.45) is 0.194. The summed E-state index contributed by atoms with van der Waals surface area (Å²) in [4.78, 5) is 26.0. The van der Waals surface area contributed by atoms with Gasteiger partial charge in [-0.25, -0.2) is 0 Å². The fraction of sp³-hybridized carbons (Fsp3) is 0.348. The van der Waals surface area contributed by atoms with Crippen LogP contribution in [0.25, 0.3) is 0 Å². The highest BCUT2D eigenvalue weighted by Crippen LogP contribution is 2.20. The fourth-order valence-electron chi connectivity index (χ4n) is 2.70. The third-order valence-electron chi connectivity index (χ3n) is 4.22. The molecule has 0 atom stereocenters. The minimum atomic E-state index is -0.524. The molecule has 0 spiro atoms. The lowest BCUT2D eigenvalue weighted by atomic mass is 10.2. The first-order chi connectivity index (χ1) is 14.5. The molecule has 0 heterocycles. The Hall–Kier alpha value is -3.53. The second kappa shape index (κ2) is 12.1. The third-order valence-corrected chi connectivity index (χ3v) is 4.22. The summed E-state index contributed by atoms with van der Waals surface area (Å²) in [5.41, 5.74) is 1.59. The molecule has 7 nitrogen and oxygen atoms in total. The molecule has 1 amide bonds. The monoisotopic (exact) mass is 410 g/mol. The quantitative estimate of drug-likeness (QED) is 0.525. The van der Waals surface area contributed by atoms with E-state index in [0.717, 1.165) is 5.56 Å². The van der Waals surface area contributed by atoms with Crippen LogP contribution in [-0.2, 0) is 14.3 Å². The zero-order valence-electron chi connectivity index (χ0n) is 17.3. The molecule has 0 radical (unpaired) electrons. The number of carbonyl (C=O) groups is 2. The van der Waals surface area contributed by atoms with Crippen molar-refractivity contribution in [2.75, 3.05) is 31.3 Å². The van der Waals surface area contributed by atoms with E-state index in [4.69, 9.17) is 19.5 Å². The molecular weight excluding hydrogens is 384 g/mol. The van der Waals surface area contributed by atoms with Crippen LogP contribution in [0.5, 0.6) is 11.5 Å². The van der Waals surface area contributed by atoms with E-state index >= 15 is 0 Å². The van der Waals surface area contributed by atoms with Crippen LogP contribution in [0.3, 0.4) is 0 Å². The van der Waals surface area contributed by atoms with Gasteiger partial charge in [0.15, 0.2) is 6.61 Å². The Kier molecular flexibility index (Phi) is 9.19. The Morgan fingerprint density at radius 3 is 2.47 bits per heavy atom. The second-order valence-electron chi connectivity index (χ2n) is 6.41. The molecular formula is C23H26N2O5. The average Bonchev–Trinajstić information content (AvgIpc) is 2.75. The van der Waals surface area contributed by atoms with Crippen LogP contribution >= 0.6 is 0 Å². The minimum absolute atomic E-state index is 0.0306. The summed E-state index contributed by atoms with van der Waals surface area (Å²) >= 11 is 0. The lowest BCUT2D eigenvalue weighted by Gasteiger charge is -2.22. The molecule has 2 rings (SSSR count). The SMILES string of the molecule is CCOc1ccc(N(CCC#N)C(=O)COC(=O)CCOc2ccccc2C)cc1. The van der Waals surface area contributed by atoms with Gasteiger partial charge in [-0.1, -0.05) is 18.2 Å². The van der Waals surface area contributed by atoms with Crippen molar-refractivity contribution in [3.8, 4) is 17.6 Å². The van der Waals surface area contributed by atoms with Gasteiger partial charge in [-0.2, -0.15) is 5.26 Å². The second-order valence-corrected chi connectivity index (χ2v) is 6.41. The van der Waals surface area contributed by atoms with Gasteiger partial charge >= 0.3 is 5.97 Å². The van der Waals surface area contributed by atoms with Gasteiger partial charge in [0.2, 0.25) is 0 Å². The van der Waals surface area contributed by atoms with Crippen molar-refractivity contribution < 1.29 is 23.8 Å². The molecule has 0 aliphatic rings. The van der Waals surface area contributed by atoms with E-state index in [2.05, 4.69) is 0 Å². The highest BCUT2D eigenvalue weighted by Gasteiger charge is 2.18. The van der Waals surface area contributed by atoms with Crippen LogP contribution in [0.2, 0.25) is 0 Å². The number of nitriles is 1. The molecule has 0 aliphatic carbocycles. The smallest absolute Gasteiger partial charge is 0.309 e. The Morgan fingerprint density at radius 1 is 1.07 bits per heavy atom. The van der Waals surface area contributed by atoms with Crippen molar-refractivity contribution >= 4 is 17.6 Å². The maximum absolute atomic E-state index is 12.6. The van der Waals surface area contributed by atoms with Crippen molar-refractivity contribution in [2.24, 2.45) is 0 Å². The zero-order chi connectivity index (χ0) is 21.8. The van der Waals surface area contributed by atoms with Gasteiger partial charge in [0.05, 0.1) is 32.1 Å². The summed E-state index contributed by atoms with van der Waals surface area (Å²) < 4.78 is 16.1. The average molecular weight is 410 g/mol. The van der Waals surface area contributed by atoms with Crippen molar-refractivity contribution in [1.82, 2.24) is 0 Å². The summed E-state index contributed by atoms with van der Waals surface area (Å²) in [6, 6.07) is 16.5. The van der Waals surface area contributed by atoms with E-state index in [9.17, 15) is 9.59 Å². The van der Waals surface area contributed by atoms with Crippen LogP contribution < -0.4 is 14.4 Å². The Balaban J connectivity index is 1.86. The van der Waals surface area contributed by atoms with Gasteiger partial charge in [0.25, 0.3) is 5.91 Å². The molecule has 2 aromatic carbocycles. The molecule has 0 aliphatic heterocycles. The summed E-state index contributed by atoms with van der Waals surface area (Å²) in [6.45, 7) is 4.31. The van der Waals surface area contributed by atoms with Crippen molar-refractivity contribution in [3.63, 3.8) is 0 Å². The van der Waals surface area contributed by atoms with E-state index in [1.165, 1.54) is 4.90 Å². The van der Waals surface area contributed by atoms with Crippen molar-refractivity contribution in [3.05, 3.63) is 54.1 Å². The van der Waals surface area contributed by atoms with Crippen LogP contribution in [0, 0.1) is 18.3 Å². The molecule has 0 unspecified atom stereocenters. The molecule has 0 aromatic heterocycles. The molecule has 0 saturated carbocycles. The number of nitrogens with zero attached hydrogens (tertiary/aromatic N) is 2. The standard InChI is InChI=1S/C23H26N2O5/c1-3-28-20-11-9-19(10-12-20)25(15-6-14-24)22(26)17-30-23(27)13-16-29-21-8-5-4-7-18(21)2/h4-5,7-12H,3,6,13,15-17H2,1-2H3. The number of ether oxygens (including phenoxy) is 3. The van der Waals surface area contributed by atoms with Gasteiger partial charge in [0, 0.05) is 12.2 Å². The Bertz CT molecular complexity index is 874. The first kappa shape index (κ1) is 22.8. The van der Waals surface area contributed by atoms with E-state index in [1.807, 2.05) is 44.2 Å². The number of amides is 1. The number of carbonyl (C=O) groups excluding carboxylic acids is 2. The Labute approximate surface area is 176 Å². The van der Waals surface area contributed by atoms with Crippen LogP contribution in [0.15, 0.2) is 48.5 Å². The first-order valence-electron chi connectivity index (χ1n) is 9.79. The van der Waals surface area contributed by atoms with Gasteiger partial charge < -0.3 is 19.1 Å². The molecule has 2 aromatic rings. The van der Waals surface area contributed by atoms with Crippen LogP contribution in [0.4, 0.5) is 5.69 Å². The predicted octanol–water partition coefficient (Wildman–Crippen LogP) is 3.65. The normalized spacial score (nSPS) is 10.0. The maximum Gasteiger partial charge on any atom is 0.309 e. The molecule has 158 valence electrons. The van der Waals surface area contributed by atoms with E-state index < -0.39 is 18.5 Å². The highest BCUT2D eigenvalue weighted by atomic mass is 16.5. The number of anilines is 1. The largest absolute Gasteiger partial charge is 0.494 e. The lowest BCUT2D eigenvalue weighted by Crippen LogP contribution is -2.35. The molecule has 0 N–H and O–H groups in total. The lowest BCUT2D eigenvalue weighted by molar-refractivity contribution is -0.148. The number of benzene rings is 2. The molecule has 0 fully saturated rings. The first-order valence-corrected chi connectivity index (χ1v) is 9.79. The fourth-order valence-corrected chi connectivity index (χ4v) is 2.70. The maximum atomic E-state index is 12.6. The van der Waals surface area contributed by atoms with Gasteiger partial charge in [-0.3, -0.25) is 9.59 Å². The number of para-hydroxylation sites is 1. The van der Waals surface area contributed by atoms with Crippen molar-refractivity contribution in [2.45, 2.75) is 26.7 Å².